The first kappa shape index (κ1) is 24.3. The summed E-state index contributed by atoms with van der Waals surface area (Å²) >= 11 is 0. The molecule has 0 aromatic heterocycles. The Labute approximate surface area is 168 Å². The summed E-state index contributed by atoms with van der Waals surface area (Å²) in [6.07, 6.45) is -0.582. The third-order valence-corrected chi connectivity index (χ3v) is 4.65. The van der Waals surface area contributed by atoms with Gasteiger partial charge in [-0.15, -0.1) is 0 Å². The van der Waals surface area contributed by atoms with E-state index in [2.05, 4.69) is 10.6 Å². The minimum absolute atomic E-state index is 0.0320. The van der Waals surface area contributed by atoms with E-state index in [0.29, 0.717) is 12.8 Å². The number of carbonyl (C=O) groups is 5. The third kappa shape index (κ3) is 6.98. The number of rotatable bonds is 10. The first-order valence-electron chi connectivity index (χ1n) is 9.31. The Morgan fingerprint density at radius 1 is 1.14 bits per heavy atom. The van der Waals surface area contributed by atoms with Gasteiger partial charge in [0.15, 0.2) is 0 Å². The lowest BCUT2D eigenvalue weighted by atomic mass is 10.1. The highest BCUT2D eigenvalue weighted by Gasteiger charge is 2.37. The predicted molar refractivity (Wildman–Crippen MR) is 100.0 cm³/mol. The number of nitrogens with two attached hydrogens (primary N) is 2. The van der Waals surface area contributed by atoms with Gasteiger partial charge in [0, 0.05) is 13.0 Å². The van der Waals surface area contributed by atoms with Gasteiger partial charge in [0.25, 0.3) is 0 Å². The van der Waals surface area contributed by atoms with Gasteiger partial charge in [-0.2, -0.15) is 0 Å². The van der Waals surface area contributed by atoms with E-state index in [-0.39, 0.29) is 19.4 Å². The number of nitrogens with zero attached hydrogens (tertiary/aromatic N) is 1. The Kier molecular flexibility index (Phi) is 8.98. The molecule has 1 fully saturated rings. The lowest BCUT2D eigenvalue weighted by Gasteiger charge is -2.27. The van der Waals surface area contributed by atoms with Crippen LogP contribution in [0.4, 0.5) is 0 Å². The second-order valence-corrected chi connectivity index (χ2v) is 7.10. The zero-order chi connectivity index (χ0) is 22.3. The maximum Gasteiger partial charge on any atom is 0.326 e. The molecule has 164 valence electrons. The van der Waals surface area contributed by atoms with Crippen molar-refractivity contribution in [3.63, 3.8) is 0 Å². The van der Waals surface area contributed by atoms with E-state index in [9.17, 15) is 34.2 Å². The Morgan fingerprint density at radius 3 is 2.28 bits per heavy atom. The van der Waals surface area contributed by atoms with Crippen molar-refractivity contribution in [3.05, 3.63) is 0 Å². The average Bonchev–Trinajstić information content (AvgIpc) is 3.12. The zero-order valence-corrected chi connectivity index (χ0v) is 16.5. The third-order valence-electron chi connectivity index (χ3n) is 4.65. The van der Waals surface area contributed by atoms with Gasteiger partial charge in [0.2, 0.25) is 23.6 Å². The number of carboxylic acids is 1. The van der Waals surface area contributed by atoms with Crippen LogP contribution in [0.1, 0.15) is 39.5 Å². The van der Waals surface area contributed by atoms with Crippen LogP contribution in [0.5, 0.6) is 0 Å². The van der Waals surface area contributed by atoms with Crippen LogP contribution in [0.2, 0.25) is 0 Å². The molecule has 0 bridgehead atoms. The molecule has 5 unspecified atom stereocenters. The van der Waals surface area contributed by atoms with E-state index < -0.39 is 59.9 Å². The van der Waals surface area contributed by atoms with Gasteiger partial charge in [0.05, 0.1) is 12.1 Å². The first-order chi connectivity index (χ1) is 13.5. The summed E-state index contributed by atoms with van der Waals surface area (Å²) in [4.78, 5) is 60.3. The highest BCUT2D eigenvalue weighted by atomic mass is 16.4. The van der Waals surface area contributed by atoms with Crippen LogP contribution in [0.25, 0.3) is 0 Å². The van der Waals surface area contributed by atoms with E-state index >= 15 is 0 Å². The highest BCUT2D eigenvalue weighted by molar-refractivity contribution is 5.94. The number of primary amides is 1. The van der Waals surface area contributed by atoms with Crippen molar-refractivity contribution in [2.24, 2.45) is 11.5 Å². The lowest BCUT2D eigenvalue weighted by Crippen LogP contribution is -2.59. The molecule has 5 atom stereocenters. The Hall–Kier alpha value is -2.73. The zero-order valence-electron chi connectivity index (χ0n) is 16.5. The quantitative estimate of drug-likeness (QED) is 0.217. The van der Waals surface area contributed by atoms with Gasteiger partial charge >= 0.3 is 5.97 Å². The van der Waals surface area contributed by atoms with Crippen LogP contribution in [0, 0.1) is 0 Å². The highest BCUT2D eigenvalue weighted by Crippen LogP contribution is 2.18. The molecule has 0 aromatic rings. The van der Waals surface area contributed by atoms with Crippen molar-refractivity contribution in [1.82, 2.24) is 15.5 Å². The fourth-order valence-electron chi connectivity index (χ4n) is 3.00. The number of aliphatic hydroxyl groups excluding tert-OH is 1. The Balaban J connectivity index is 2.71. The van der Waals surface area contributed by atoms with Crippen LogP contribution in [-0.2, 0) is 24.0 Å². The normalized spacial score (nSPS) is 20.3. The lowest BCUT2D eigenvalue weighted by molar-refractivity contribution is -0.149. The van der Waals surface area contributed by atoms with Gasteiger partial charge in [-0.1, -0.05) is 0 Å². The molecule has 0 aliphatic carbocycles. The van der Waals surface area contributed by atoms with Crippen LogP contribution >= 0.6 is 0 Å². The molecule has 12 heteroatoms. The number of aliphatic hydroxyl groups is 1. The van der Waals surface area contributed by atoms with Crippen LogP contribution in [0.3, 0.4) is 0 Å². The number of carbonyl (C=O) groups excluding carboxylic acids is 4. The van der Waals surface area contributed by atoms with E-state index in [1.807, 2.05) is 0 Å². The average molecular weight is 415 g/mol. The molecule has 12 nitrogen and oxygen atoms in total. The molecular weight excluding hydrogens is 386 g/mol. The molecule has 1 aliphatic heterocycles. The summed E-state index contributed by atoms with van der Waals surface area (Å²) in [6, 6.07) is -4.52. The summed E-state index contributed by atoms with van der Waals surface area (Å²) in [5.74, 6) is -3.92. The molecular formula is C17H29N5O7. The summed E-state index contributed by atoms with van der Waals surface area (Å²) in [6.45, 7) is 2.92. The number of carboxylic acid groups (broad SMARTS) is 1. The molecule has 0 radical (unpaired) electrons. The van der Waals surface area contributed by atoms with E-state index in [1.165, 1.54) is 18.7 Å². The van der Waals surface area contributed by atoms with Gasteiger partial charge in [-0.05, 0) is 33.1 Å². The van der Waals surface area contributed by atoms with Crippen molar-refractivity contribution < 1.29 is 34.2 Å². The summed E-state index contributed by atoms with van der Waals surface area (Å²) < 4.78 is 0. The maximum atomic E-state index is 12.5. The second-order valence-electron chi connectivity index (χ2n) is 7.10. The molecule has 29 heavy (non-hydrogen) atoms. The SMILES string of the molecule is CC(NC(=O)C(NC(=O)C(N)CCC(N)=O)C(C)O)C(=O)N1CCCC1C(=O)O. The summed E-state index contributed by atoms with van der Waals surface area (Å²) in [5.41, 5.74) is 10.6. The molecule has 4 amide bonds. The molecule has 0 aromatic carbocycles. The smallest absolute Gasteiger partial charge is 0.326 e. The minimum Gasteiger partial charge on any atom is -0.480 e. The van der Waals surface area contributed by atoms with Crippen LogP contribution in [-0.4, -0.2) is 81.5 Å². The van der Waals surface area contributed by atoms with Crippen molar-refractivity contribution in [2.45, 2.75) is 69.8 Å². The van der Waals surface area contributed by atoms with Gasteiger partial charge in [-0.25, -0.2) is 4.79 Å². The molecule has 1 heterocycles. The maximum absolute atomic E-state index is 12.5. The Bertz CT molecular complexity index is 654. The van der Waals surface area contributed by atoms with E-state index in [1.54, 1.807) is 0 Å². The predicted octanol–water partition coefficient (Wildman–Crippen LogP) is -2.97. The number of hydrogen-bond donors (Lipinski definition) is 6. The number of amides is 4. The van der Waals surface area contributed by atoms with Gasteiger partial charge < -0.3 is 37.2 Å². The topological polar surface area (TPSA) is 205 Å². The molecule has 0 spiro atoms. The van der Waals surface area contributed by atoms with Crippen molar-refractivity contribution in [1.29, 1.82) is 0 Å². The van der Waals surface area contributed by atoms with Crippen LogP contribution < -0.4 is 22.1 Å². The summed E-state index contributed by atoms with van der Waals surface area (Å²) in [5, 5.41) is 23.7. The van der Waals surface area contributed by atoms with Crippen LogP contribution in [0.15, 0.2) is 0 Å². The van der Waals surface area contributed by atoms with Crippen molar-refractivity contribution in [2.75, 3.05) is 6.54 Å². The second kappa shape index (κ2) is 10.7. The molecule has 8 N–H and O–H groups in total. The number of hydrogen-bond acceptors (Lipinski definition) is 7. The van der Waals surface area contributed by atoms with E-state index in [4.69, 9.17) is 11.5 Å². The minimum atomic E-state index is -1.40. The van der Waals surface area contributed by atoms with Crippen molar-refractivity contribution in [3.8, 4) is 0 Å². The molecule has 1 saturated heterocycles. The fraction of sp³-hybridized carbons (Fsp3) is 0.706. The van der Waals surface area contributed by atoms with Crippen molar-refractivity contribution >= 4 is 29.6 Å². The summed E-state index contributed by atoms with van der Waals surface area (Å²) in [7, 11) is 0. The molecule has 1 rings (SSSR count). The number of aliphatic carboxylic acids is 1. The molecule has 1 aliphatic rings. The fourth-order valence-corrected chi connectivity index (χ4v) is 3.00. The van der Waals surface area contributed by atoms with Gasteiger partial charge in [-0.3, -0.25) is 19.2 Å². The first-order valence-corrected chi connectivity index (χ1v) is 9.31. The molecule has 0 saturated carbocycles. The largest absolute Gasteiger partial charge is 0.480 e. The standard InChI is InChI=1S/C17H29N5O7/c1-8(16(27)22-7-3-4-11(22)17(28)29)20-15(26)13(9(2)23)21-14(25)10(18)5-6-12(19)24/h8-11,13,23H,3-7,18H2,1-2H3,(H2,19,24)(H,20,26)(H,21,25)(H,28,29). The van der Waals surface area contributed by atoms with Gasteiger partial charge in [0.1, 0.15) is 18.1 Å². The van der Waals surface area contributed by atoms with E-state index in [0.717, 1.165) is 0 Å². The number of nitrogens with one attached hydrogen (secondary N) is 2. The number of likely N-dealkylation sites (tertiary alicyclic amines) is 1. The monoisotopic (exact) mass is 415 g/mol. The Morgan fingerprint density at radius 2 is 1.76 bits per heavy atom.